The van der Waals surface area contributed by atoms with Gasteiger partial charge < -0.3 is 9.80 Å². The molecule has 1 saturated heterocycles. The lowest BCUT2D eigenvalue weighted by Gasteiger charge is -2.33. The maximum atomic E-state index is 2.66. The zero-order valence-electron chi connectivity index (χ0n) is 14.4. The van der Waals surface area contributed by atoms with Gasteiger partial charge in [-0.05, 0) is 25.4 Å². The van der Waals surface area contributed by atoms with Crippen molar-refractivity contribution < 1.29 is 0 Å². The lowest BCUT2D eigenvalue weighted by molar-refractivity contribution is 0.135. The van der Waals surface area contributed by atoms with Gasteiger partial charge in [0.2, 0.25) is 0 Å². The third-order valence-electron chi connectivity index (χ3n) is 5.03. The van der Waals surface area contributed by atoms with E-state index in [0.717, 1.165) is 5.92 Å². The van der Waals surface area contributed by atoms with Gasteiger partial charge in [-0.3, -0.25) is 0 Å². The number of hydrogen-bond acceptors (Lipinski definition) is 2. The molecule has 1 atom stereocenters. The molecule has 1 unspecified atom stereocenters. The van der Waals surface area contributed by atoms with Crippen molar-refractivity contribution in [1.82, 2.24) is 9.80 Å². The van der Waals surface area contributed by atoms with E-state index in [4.69, 9.17) is 0 Å². The van der Waals surface area contributed by atoms with Gasteiger partial charge in [0, 0.05) is 26.2 Å². The Balaban J connectivity index is 1.83. The Hall–Kier alpha value is -0.0800. The van der Waals surface area contributed by atoms with Gasteiger partial charge in [-0.2, -0.15) is 0 Å². The molecule has 1 rings (SSSR count). The summed E-state index contributed by atoms with van der Waals surface area (Å²) in [6.45, 7) is 14.7. The van der Waals surface area contributed by atoms with Gasteiger partial charge in [-0.15, -0.1) is 0 Å². The maximum Gasteiger partial charge on any atom is 0.0110 e. The van der Waals surface area contributed by atoms with Crippen LogP contribution in [0.1, 0.15) is 72.1 Å². The van der Waals surface area contributed by atoms with E-state index >= 15 is 0 Å². The Labute approximate surface area is 127 Å². The van der Waals surface area contributed by atoms with Gasteiger partial charge in [0.1, 0.15) is 0 Å². The summed E-state index contributed by atoms with van der Waals surface area (Å²) in [6, 6.07) is 0. The van der Waals surface area contributed by atoms with Crippen molar-refractivity contribution in [2.45, 2.75) is 72.1 Å². The van der Waals surface area contributed by atoms with Crippen molar-refractivity contribution in [3.05, 3.63) is 0 Å². The fourth-order valence-electron chi connectivity index (χ4n) is 3.07. The second-order valence-electron chi connectivity index (χ2n) is 6.70. The Morgan fingerprint density at radius 1 is 0.750 bits per heavy atom. The molecule has 0 spiro atoms. The van der Waals surface area contributed by atoms with Gasteiger partial charge in [-0.25, -0.2) is 0 Å². The molecular formula is C18H38N2. The molecule has 0 amide bonds. The van der Waals surface area contributed by atoms with E-state index in [1.165, 1.54) is 90.6 Å². The highest BCUT2D eigenvalue weighted by Gasteiger charge is 2.14. The highest BCUT2D eigenvalue weighted by Crippen LogP contribution is 2.14. The second-order valence-corrected chi connectivity index (χ2v) is 6.70. The van der Waals surface area contributed by atoms with Crippen LogP contribution in [0, 0.1) is 5.92 Å². The predicted molar refractivity (Wildman–Crippen MR) is 90.3 cm³/mol. The summed E-state index contributed by atoms with van der Waals surface area (Å²) < 4.78 is 0. The average Bonchev–Trinajstić information content (AvgIpc) is 2.50. The normalized spacial score (nSPS) is 19.4. The summed E-state index contributed by atoms with van der Waals surface area (Å²) in [6.07, 6.45) is 11.5. The van der Waals surface area contributed by atoms with Crippen LogP contribution < -0.4 is 0 Å². The van der Waals surface area contributed by atoms with Crippen molar-refractivity contribution in [3.63, 3.8) is 0 Å². The van der Waals surface area contributed by atoms with Crippen molar-refractivity contribution in [3.8, 4) is 0 Å². The fraction of sp³-hybridized carbons (Fsp3) is 1.00. The summed E-state index contributed by atoms with van der Waals surface area (Å²) in [5.74, 6) is 0.941. The van der Waals surface area contributed by atoms with Crippen LogP contribution in [0.4, 0.5) is 0 Å². The standard InChI is InChI=1S/C18H38N2/c1-4-18(3)12-10-8-6-7-9-11-13-20-16-14-19(5-2)15-17-20/h18H,4-17H2,1-3H3. The Morgan fingerprint density at radius 2 is 1.30 bits per heavy atom. The van der Waals surface area contributed by atoms with E-state index in [1.54, 1.807) is 0 Å². The summed E-state index contributed by atoms with van der Waals surface area (Å²) in [4.78, 5) is 5.23. The Bertz CT molecular complexity index is 209. The quantitative estimate of drug-likeness (QED) is 0.518. The largest absolute Gasteiger partial charge is 0.301 e. The topological polar surface area (TPSA) is 6.48 Å². The zero-order chi connectivity index (χ0) is 14.6. The highest BCUT2D eigenvalue weighted by molar-refractivity contribution is 4.70. The predicted octanol–water partition coefficient (Wildman–Crippen LogP) is 4.40. The van der Waals surface area contributed by atoms with Gasteiger partial charge in [-0.1, -0.05) is 65.7 Å². The van der Waals surface area contributed by atoms with Crippen LogP contribution in [-0.2, 0) is 0 Å². The highest BCUT2D eigenvalue weighted by atomic mass is 15.3. The summed E-state index contributed by atoms with van der Waals surface area (Å²) in [5.41, 5.74) is 0. The molecule has 2 heteroatoms. The number of unbranched alkanes of at least 4 members (excludes halogenated alkanes) is 5. The first-order valence-corrected chi connectivity index (χ1v) is 9.21. The van der Waals surface area contributed by atoms with E-state index in [2.05, 4.69) is 30.6 Å². The third-order valence-corrected chi connectivity index (χ3v) is 5.03. The molecule has 120 valence electrons. The van der Waals surface area contributed by atoms with E-state index in [-0.39, 0.29) is 0 Å². The molecule has 0 bridgehead atoms. The van der Waals surface area contributed by atoms with Crippen LogP contribution in [0.15, 0.2) is 0 Å². The minimum absolute atomic E-state index is 0.941. The second kappa shape index (κ2) is 11.6. The van der Waals surface area contributed by atoms with E-state index in [1.807, 2.05) is 0 Å². The molecular weight excluding hydrogens is 244 g/mol. The summed E-state index contributed by atoms with van der Waals surface area (Å²) in [7, 11) is 0. The SMILES string of the molecule is CCC(C)CCCCCCCCN1CCN(CC)CC1. The molecule has 1 fully saturated rings. The van der Waals surface area contributed by atoms with Crippen LogP contribution in [-0.4, -0.2) is 49.1 Å². The van der Waals surface area contributed by atoms with Crippen LogP contribution in [0.3, 0.4) is 0 Å². The van der Waals surface area contributed by atoms with Crippen molar-refractivity contribution in [1.29, 1.82) is 0 Å². The average molecular weight is 283 g/mol. The molecule has 20 heavy (non-hydrogen) atoms. The van der Waals surface area contributed by atoms with E-state index in [9.17, 15) is 0 Å². The lowest BCUT2D eigenvalue weighted by Crippen LogP contribution is -2.46. The number of rotatable bonds is 11. The number of hydrogen-bond donors (Lipinski definition) is 0. The first-order valence-electron chi connectivity index (χ1n) is 9.21. The van der Waals surface area contributed by atoms with Crippen molar-refractivity contribution in [2.24, 2.45) is 5.92 Å². The van der Waals surface area contributed by atoms with Crippen LogP contribution in [0.5, 0.6) is 0 Å². The molecule has 0 aromatic carbocycles. The van der Waals surface area contributed by atoms with Crippen molar-refractivity contribution >= 4 is 0 Å². The minimum atomic E-state index is 0.941. The maximum absolute atomic E-state index is 2.66. The molecule has 2 nitrogen and oxygen atoms in total. The molecule has 0 saturated carbocycles. The van der Waals surface area contributed by atoms with Crippen LogP contribution >= 0.6 is 0 Å². The van der Waals surface area contributed by atoms with Gasteiger partial charge >= 0.3 is 0 Å². The van der Waals surface area contributed by atoms with E-state index in [0.29, 0.717) is 0 Å². The molecule has 0 aromatic rings. The summed E-state index contributed by atoms with van der Waals surface area (Å²) in [5, 5.41) is 0. The number of piperazine rings is 1. The Kier molecular flexibility index (Phi) is 10.4. The first kappa shape index (κ1) is 18.0. The van der Waals surface area contributed by atoms with Crippen LogP contribution in [0.2, 0.25) is 0 Å². The number of nitrogens with zero attached hydrogens (tertiary/aromatic N) is 2. The minimum Gasteiger partial charge on any atom is -0.301 e. The molecule has 0 aliphatic carbocycles. The Morgan fingerprint density at radius 3 is 1.90 bits per heavy atom. The van der Waals surface area contributed by atoms with Gasteiger partial charge in [0.25, 0.3) is 0 Å². The third kappa shape index (κ3) is 8.26. The molecule has 1 aliphatic heterocycles. The molecule has 1 heterocycles. The van der Waals surface area contributed by atoms with Gasteiger partial charge in [0.05, 0.1) is 0 Å². The van der Waals surface area contributed by atoms with E-state index < -0.39 is 0 Å². The van der Waals surface area contributed by atoms with Gasteiger partial charge in [0.15, 0.2) is 0 Å². The lowest BCUT2D eigenvalue weighted by atomic mass is 10.00. The summed E-state index contributed by atoms with van der Waals surface area (Å²) >= 11 is 0. The first-order chi connectivity index (χ1) is 9.76. The molecule has 0 radical (unpaired) electrons. The van der Waals surface area contributed by atoms with Crippen LogP contribution in [0.25, 0.3) is 0 Å². The van der Waals surface area contributed by atoms with Crippen molar-refractivity contribution in [2.75, 3.05) is 39.3 Å². The smallest absolute Gasteiger partial charge is 0.0110 e. The zero-order valence-corrected chi connectivity index (χ0v) is 14.4. The molecule has 0 N–H and O–H groups in total. The number of likely N-dealkylation sites (N-methyl/N-ethyl adjacent to an activating group) is 1. The monoisotopic (exact) mass is 282 g/mol. The molecule has 0 aromatic heterocycles. The molecule has 1 aliphatic rings. The fourth-order valence-corrected chi connectivity index (χ4v) is 3.07.